The van der Waals surface area contributed by atoms with E-state index in [1.807, 2.05) is 25.1 Å². The van der Waals surface area contributed by atoms with Gasteiger partial charge in [-0.3, -0.25) is 14.4 Å². The molecule has 0 saturated carbocycles. The highest BCUT2D eigenvalue weighted by atomic mass is 19.4. The summed E-state index contributed by atoms with van der Waals surface area (Å²) in [6, 6.07) is 9.44. The van der Waals surface area contributed by atoms with Gasteiger partial charge < -0.3 is 20.1 Å². The molecule has 2 aromatic carbocycles. The maximum atomic E-state index is 13.3. The summed E-state index contributed by atoms with van der Waals surface area (Å²) in [5.74, 6) is -0.686. The summed E-state index contributed by atoms with van der Waals surface area (Å²) in [6.45, 7) is 7.55. The molecule has 0 aliphatic carbocycles. The van der Waals surface area contributed by atoms with Gasteiger partial charge in [-0.15, -0.1) is 13.2 Å². The maximum Gasteiger partial charge on any atom is 0.573 e. The summed E-state index contributed by atoms with van der Waals surface area (Å²) in [5, 5.41) is 16.2. The molecule has 1 atom stereocenters. The van der Waals surface area contributed by atoms with Crippen molar-refractivity contribution in [3.05, 3.63) is 65.5 Å². The Morgan fingerprint density at radius 3 is 2.50 bits per heavy atom. The number of anilines is 1. The Kier molecular flexibility index (Phi) is 8.27. The zero-order chi connectivity index (χ0) is 27.4. The monoisotopic (exact) mass is 531 g/mol. The highest BCUT2D eigenvalue weighted by Gasteiger charge is 2.31. The van der Waals surface area contributed by atoms with Crippen molar-refractivity contribution in [3.8, 4) is 16.9 Å². The van der Waals surface area contributed by atoms with Gasteiger partial charge in [0.2, 0.25) is 0 Å². The minimum atomic E-state index is -4.85. The number of aliphatic hydroxyl groups excluding tert-OH is 1. The van der Waals surface area contributed by atoms with Crippen LogP contribution in [0, 0.1) is 6.92 Å². The molecule has 38 heavy (non-hydrogen) atoms. The lowest BCUT2D eigenvalue weighted by molar-refractivity contribution is -0.274. The molecule has 0 bridgehead atoms. The van der Waals surface area contributed by atoms with E-state index in [2.05, 4.69) is 25.0 Å². The number of piperazine rings is 1. The Balaban J connectivity index is 1.54. The maximum absolute atomic E-state index is 13.3. The average Bonchev–Trinajstić information content (AvgIpc) is 3.30. The molecule has 2 N–H and O–H groups in total. The summed E-state index contributed by atoms with van der Waals surface area (Å²) in [4.78, 5) is 17.7. The lowest BCUT2D eigenvalue weighted by atomic mass is 10.0. The van der Waals surface area contributed by atoms with Crippen molar-refractivity contribution in [2.24, 2.45) is 7.05 Å². The number of carbonyl (C=O) groups is 1. The number of aromatic nitrogens is 2. The SMILES string of the molecule is Cc1ccc(N2CCN(CCO)CC2)cc1C(=O)NC(C)c1cc(OC(F)(F)F)cc(-c2cnn(C)c2)c1. The standard InChI is InChI=1S/C27H32F3N5O3/c1-18-4-5-23(35-8-6-34(7-9-35)10-11-36)15-25(18)26(37)32-19(2)20-12-21(22-16-31-33(3)17-22)14-24(13-20)38-27(28,29)30/h4-5,12-17,19,36H,6-11H2,1-3H3,(H,32,37). The Morgan fingerprint density at radius 1 is 1.13 bits per heavy atom. The minimum Gasteiger partial charge on any atom is -0.406 e. The first-order chi connectivity index (χ1) is 18.0. The van der Waals surface area contributed by atoms with E-state index >= 15 is 0 Å². The van der Waals surface area contributed by atoms with Crippen molar-refractivity contribution >= 4 is 11.6 Å². The number of amides is 1. The van der Waals surface area contributed by atoms with Gasteiger partial charge in [-0.2, -0.15) is 5.10 Å². The number of carbonyl (C=O) groups excluding carboxylic acids is 1. The number of nitrogens with zero attached hydrogens (tertiary/aromatic N) is 4. The number of aryl methyl sites for hydroxylation is 2. The molecular weight excluding hydrogens is 499 g/mol. The molecule has 204 valence electrons. The number of hydrogen-bond acceptors (Lipinski definition) is 6. The molecular formula is C27H32F3N5O3. The summed E-state index contributed by atoms with van der Waals surface area (Å²) in [5.41, 5.74) is 3.81. The topological polar surface area (TPSA) is 82.9 Å². The van der Waals surface area contributed by atoms with Crippen LogP contribution in [-0.4, -0.2) is 71.4 Å². The van der Waals surface area contributed by atoms with E-state index in [0.717, 1.165) is 37.4 Å². The van der Waals surface area contributed by atoms with E-state index in [-0.39, 0.29) is 18.3 Å². The highest BCUT2D eigenvalue weighted by molar-refractivity contribution is 5.97. The predicted molar refractivity (Wildman–Crippen MR) is 138 cm³/mol. The van der Waals surface area contributed by atoms with Crippen LogP contribution in [0.1, 0.15) is 34.5 Å². The van der Waals surface area contributed by atoms with Crippen LogP contribution in [0.25, 0.3) is 11.1 Å². The van der Waals surface area contributed by atoms with Gasteiger partial charge in [0.05, 0.1) is 18.8 Å². The van der Waals surface area contributed by atoms with Gasteiger partial charge in [0.25, 0.3) is 5.91 Å². The van der Waals surface area contributed by atoms with Crippen LogP contribution < -0.4 is 15.0 Å². The minimum absolute atomic E-state index is 0.127. The van der Waals surface area contributed by atoms with Gasteiger partial charge >= 0.3 is 6.36 Å². The van der Waals surface area contributed by atoms with Crippen molar-refractivity contribution in [2.45, 2.75) is 26.3 Å². The van der Waals surface area contributed by atoms with Crippen molar-refractivity contribution in [1.29, 1.82) is 0 Å². The number of halogens is 3. The Hall–Kier alpha value is -3.57. The first kappa shape index (κ1) is 27.5. The van der Waals surface area contributed by atoms with E-state index in [1.165, 1.54) is 12.1 Å². The molecule has 8 nitrogen and oxygen atoms in total. The van der Waals surface area contributed by atoms with E-state index in [4.69, 9.17) is 5.11 Å². The molecule has 1 aromatic heterocycles. The lowest BCUT2D eigenvalue weighted by Crippen LogP contribution is -2.47. The van der Waals surface area contributed by atoms with Crippen LogP contribution in [0.5, 0.6) is 5.75 Å². The van der Waals surface area contributed by atoms with Crippen LogP contribution in [0.3, 0.4) is 0 Å². The Morgan fingerprint density at radius 2 is 1.87 bits per heavy atom. The lowest BCUT2D eigenvalue weighted by Gasteiger charge is -2.36. The molecule has 4 rings (SSSR count). The van der Waals surface area contributed by atoms with Gasteiger partial charge in [-0.25, -0.2) is 0 Å². The molecule has 1 saturated heterocycles. The fourth-order valence-electron chi connectivity index (χ4n) is 4.58. The number of β-amino-alcohol motifs (C(OH)–C–C–N with tert-alkyl or cyclic N) is 1. The molecule has 1 fully saturated rings. The number of aliphatic hydroxyl groups is 1. The van der Waals surface area contributed by atoms with Crippen LogP contribution in [0.4, 0.5) is 18.9 Å². The number of ether oxygens (including phenoxy) is 1. The van der Waals surface area contributed by atoms with Crippen LogP contribution in [0.2, 0.25) is 0 Å². The van der Waals surface area contributed by atoms with Gasteiger partial charge in [-0.05, 0) is 60.9 Å². The second-order valence-electron chi connectivity index (χ2n) is 9.49. The first-order valence-electron chi connectivity index (χ1n) is 12.4. The molecule has 11 heteroatoms. The molecule has 1 aliphatic rings. The third kappa shape index (κ3) is 6.84. The van der Waals surface area contributed by atoms with E-state index in [0.29, 0.717) is 28.8 Å². The molecule has 1 aliphatic heterocycles. The summed E-state index contributed by atoms with van der Waals surface area (Å²) in [7, 11) is 1.72. The number of nitrogens with one attached hydrogen (secondary N) is 1. The van der Waals surface area contributed by atoms with Crippen molar-refractivity contribution in [1.82, 2.24) is 20.0 Å². The van der Waals surface area contributed by atoms with E-state index < -0.39 is 12.4 Å². The molecule has 0 radical (unpaired) electrons. The van der Waals surface area contributed by atoms with E-state index in [1.54, 1.807) is 37.1 Å². The van der Waals surface area contributed by atoms with Crippen LogP contribution in [0.15, 0.2) is 48.8 Å². The summed E-state index contributed by atoms with van der Waals surface area (Å²) >= 11 is 0. The van der Waals surface area contributed by atoms with Gasteiger partial charge in [0.15, 0.2) is 0 Å². The third-order valence-electron chi connectivity index (χ3n) is 6.67. The fourth-order valence-corrected chi connectivity index (χ4v) is 4.58. The quantitative estimate of drug-likeness (QED) is 0.459. The van der Waals surface area contributed by atoms with Crippen LogP contribution in [-0.2, 0) is 7.05 Å². The smallest absolute Gasteiger partial charge is 0.406 e. The molecule has 3 aromatic rings. The summed E-state index contributed by atoms with van der Waals surface area (Å²) in [6.07, 6.45) is -1.60. The number of benzene rings is 2. The van der Waals surface area contributed by atoms with E-state index in [9.17, 15) is 18.0 Å². The van der Waals surface area contributed by atoms with Crippen molar-refractivity contribution in [2.75, 3.05) is 44.2 Å². The van der Waals surface area contributed by atoms with Gasteiger partial charge in [0.1, 0.15) is 5.75 Å². The molecule has 0 spiro atoms. The predicted octanol–water partition coefficient (Wildman–Crippen LogP) is 3.90. The van der Waals surface area contributed by atoms with Crippen LogP contribution >= 0.6 is 0 Å². The Bertz CT molecular complexity index is 1270. The highest BCUT2D eigenvalue weighted by Crippen LogP contribution is 2.32. The number of alkyl halides is 3. The fraction of sp³-hybridized carbons (Fsp3) is 0.407. The second kappa shape index (κ2) is 11.4. The zero-order valence-corrected chi connectivity index (χ0v) is 21.6. The first-order valence-corrected chi connectivity index (χ1v) is 12.4. The molecule has 2 heterocycles. The normalized spacial score (nSPS) is 15.4. The van der Waals surface area contributed by atoms with Gasteiger partial charge in [0, 0.05) is 62.8 Å². The molecule has 1 amide bonds. The largest absolute Gasteiger partial charge is 0.573 e. The summed E-state index contributed by atoms with van der Waals surface area (Å²) < 4.78 is 44.8. The third-order valence-corrected chi connectivity index (χ3v) is 6.67. The molecule has 1 unspecified atom stereocenters. The second-order valence-corrected chi connectivity index (χ2v) is 9.49. The number of rotatable bonds is 8. The zero-order valence-electron chi connectivity index (χ0n) is 21.6. The van der Waals surface area contributed by atoms with Crippen molar-refractivity contribution < 1.29 is 27.8 Å². The number of hydrogen-bond donors (Lipinski definition) is 2. The van der Waals surface area contributed by atoms with Crippen molar-refractivity contribution in [3.63, 3.8) is 0 Å². The average molecular weight is 532 g/mol. The Labute approximate surface area is 219 Å². The van der Waals surface area contributed by atoms with Gasteiger partial charge in [-0.1, -0.05) is 6.07 Å².